The summed E-state index contributed by atoms with van der Waals surface area (Å²) in [5.41, 5.74) is 1.08. The highest BCUT2D eigenvalue weighted by Gasteiger charge is 2.28. The van der Waals surface area contributed by atoms with E-state index in [0.29, 0.717) is 42.6 Å². The fourth-order valence-corrected chi connectivity index (χ4v) is 4.78. The number of rotatable bonds is 2. The Morgan fingerprint density at radius 1 is 1.15 bits per heavy atom. The smallest absolute Gasteiger partial charge is 0.298 e. The lowest BCUT2D eigenvalue weighted by Crippen LogP contribution is -2.38. The average Bonchev–Trinajstić information content (AvgIpc) is 3.11. The Bertz CT molecular complexity index is 892. The molecule has 2 heterocycles. The minimum Gasteiger partial charge on any atom is -0.331 e. The molecule has 2 fully saturated rings. The number of hydrogen-bond acceptors (Lipinski definition) is 3. The van der Waals surface area contributed by atoms with Gasteiger partial charge in [-0.15, -0.1) is 0 Å². The molecule has 0 bridgehead atoms. The number of halogens is 2. The molecule has 0 saturated carbocycles. The Labute approximate surface area is 170 Å². The van der Waals surface area contributed by atoms with Gasteiger partial charge in [0.15, 0.2) is 0 Å². The standard InChI is InChI=1S/C19H22Cl2N2O3S/c1-27(25,26)23-10-8-14(12-23)4-7-19(24)22-9-2-3-16(13-22)15-5-6-17(20)18(21)11-15/h5-6,11,14,16H,2-3,8-10,12-13H2,1H3/t14-,16?/m0/s1. The molecule has 0 N–H and O–H groups in total. The summed E-state index contributed by atoms with van der Waals surface area (Å²) in [7, 11) is -3.19. The molecule has 3 rings (SSSR count). The maximum Gasteiger partial charge on any atom is 0.298 e. The molecule has 2 aliphatic rings. The van der Waals surface area contributed by atoms with Crippen molar-refractivity contribution in [1.82, 2.24) is 9.21 Å². The first-order valence-electron chi connectivity index (χ1n) is 8.94. The van der Waals surface area contributed by atoms with Gasteiger partial charge in [-0.1, -0.05) is 35.2 Å². The van der Waals surface area contributed by atoms with Gasteiger partial charge in [-0.25, -0.2) is 12.7 Å². The summed E-state index contributed by atoms with van der Waals surface area (Å²) < 4.78 is 24.5. The maximum absolute atomic E-state index is 12.5. The summed E-state index contributed by atoms with van der Waals surface area (Å²) in [4.78, 5) is 14.3. The molecule has 2 aliphatic heterocycles. The molecule has 1 unspecified atom stereocenters. The SMILES string of the molecule is CS(=O)(=O)N1CC[C@H](C#CC(=O)N2CCCC(c3ccc(Cl)c(Cl)c3)C2)C1. The zero-order valence-corrected chi connectivity index (χ0v) is 17.4. The molecule has 2 atom stereocenters. The highest BCUT2D eigenvalue weighted by Crippen LogP contribution is 2.31. The van der Waals surface area contributed by atoms with Crippen molar-refractivity contribution in [3.8, 4) is 11.8 Å². The second kappa shape index (κ2) is 8.40. The quantitative estimate of drug-likeness (QED) is 0.680. The van der Waals surface area contributed by atoms with Gasteiger partial charge in [0, 0.05) is 38.0 Å². The van der Waals surface area contributed by atoms with Gasteiger partial charge in [0.05, 0.1) is 16.3 Å². The third kappa shape index (κ3) is 5.17. The second-order valence-corrected chi connectivity index (χ2v) is 9.94. The molecule has 0 aliphatic carbocycles. The van der Waals surface area contributed by atoms with Gasteiger partial charge in [0.2, 0.25) is 10.0 Å². The summed E-state index contributed by atoms with van der Waals surface area (Å²) in [6, 6.07) is 5.61. The van der Waals surface area contributed by atoms with E-state index in [1.807, 2.05) is 12.1 Å². The van der Waals surface area contributed by atoms with Crippen LogP contribution in [0.1, 0.15) is 30.7 Å². The van der Waals surface area contributed by atoms with E-state index in [9.17, 15) is 13.2 Å². The summed E-state index contributed by atoms with van der Waals surface area (Å²) in [6.45, 7) is 2.12. The van der Waals surface area contributed by atoms with Gasteiger partial charge in [0.1, 0.15) is 0 Å². The predicted molar refractivity (Wildman–Crippen MR) is 107 cm³/mol. The molecular formula is C19H22Cl2N2O3S. The van der Waals surface area contributed by atoms with E-state index in [0.717, 1.165) is 18.4 Å². The van der Waals surface area contributed by atoms with Crippen LogP contribution in [0.2, 0.25) is 10.0 Å². The van der Waals surface area contributed by atoms with Crippen LogP contribution in [0.15, 0.2) is 18.2 Å². The first kappa shape index (κ1) is 20.5. The molecule has 27 heavy (non-hydrogen) atoms. The minimum atomic E-state index is -3.19. The van der Waals surface area contributed by atoms with Crippen molar-refractivity contribution < 1.29 is 13.2 Å². The number of benzene rings is 1. The van der Waals surface area contributed by atoms with Crippen LogP contribution in [0.3, 0.4) is 0 Å². The van der Waals surface area contributed by atoms with E-state index < -0.39 is 10.0 Å². The fourth-order valence-electron chi connectivity index (χ4n) is 3.59. The van der Waals surface area contributed by atoms with Gasteiger partial charge in [-0.2, -0.15) is 0 Å². The number of likely N-dealkylation sites (tertiary alicyclic amines) is 1. The molecule has 1 aromatic carbocycles. The van der Waals surface area contributed by atoms with Gasteiger partial charge in [0.25, 0.3) is 5.91 Å². The Hall–Kier alpha value is -1.26. The molecule has 0 spiro atoms. The highest BCUT2D eigenvalue weighted by atomic mass is 35.5. The van der Waals surface area contributed by atoms with Crippen LogP contribution >= 0.6 is 23.2 Å². The summed E-state index contributed by atoms with van der Waals surface area (Å²) in [5, 5.41) is 1.05. The maximum atomic E-state index is 12.5. The van der Waals surface area contributed by atoms with Gasteiger partial charge in [-0.05, 0) is 42.9 Å². The molecule has 1 aromatic rings. The lowest BCUT2D eigenvalue weighted by molar-refractivity contribution is -0.126. The van der Waals surface area contributed by atoms with Crippen molar-refractivity contribution >= 4 is 39.1 Å². The van der Waals surface area contributed by atoms with Crippen LogP contribution in [-0.2, 0) is 14.8 Å². The van der Waals surface area contributed by atoms with E-state index in [2.05, 4.69) is 11.8 Å². The first-order chi connectivity index (χ1) is 12.7. The average molecular weight is 429 g/mol. The normalized spacial score (nSPS) is 23.7. The van der Waals surface area contributed by atoms with E-state index >= 15 is 0 Å². The second-order valence-electron chi connectivity index (χ2n) is 7.14. The monoisotopic (exact) mass is 428 g/mol. The Kier molecular flexibility index (Phi) is 6.37. The van der Waals surface area contributed by atoms with E-state index in [1.165, 1.54) is 10.6 Å². The molecule has 2 saturated heterocycles. The van der Waals surface area contributed by atoms with Crippen LogP contribution in [-0.4, -0.2) is 56.0 Å². The van der Waals surface area contributed by atoms with E-state index in [1.54, 1.807) is 11.0 Å². The zero-order valence-electron chi connectivity index (χ0n) is 15.1. The van der Waals surface area contributed by atoms with Crippen LogP contribution in [0.25, 0.3) is 0 Å². The molecule has 0 aromatic heterocycles. The lowest BCUT2D eigenvalue weighted by Gasteiger charge is -2.32. The molecule has 146 valence electrons. The molecule has 0 radical (unpaired) electrons. The van der Waals surface area contributed by atoms with Crippen LogP contribution in [0.5, 0.6) is 0 Å². The third-order valence-electron chi connectivity index (χ3n) is 5.13. The van der Waals surface area contributed by atoms with Crippen LogP contribution in [0, 0.1) is 17.8 Å². The zero-order chi connectivity index (χ0) is 19.6. The third-order valence-corrected chi connectivity index (χ3v) is 7.14. The van der Waals surface area contributed by atoms with E-state index in [4.69, 9.17) is 23.2 Å². The fraction of sp³-hybridized carbons (Fsp3) is 0.526. The minimum absolute atomic E-state index is 0.0839. The van der Waals surface area contributed by atoms with Crippen LogP contribution in [0.4, 0.5) is 0 Å². The predicted octanol–water partition coefficient (Wildman–Crippen LogP) is 2.98. The van der Waals surface area contributed by atoms with Crippen molar-refractivity contribution in [3.63, 3.8) is 0 Å². The summed E-state index contributed by atoms with van der Waals surface area (Å²) in [5.74, 6) is 5.63. The number of hydrogen-bond donors (Lipinski definition) is 0. The van der Waals surface area contributed by atoms with Crippen molar-refractivity contribution in [1.29, 1.82) is 0 Å². The van der Waals surface area contributed by atoms with Crippen molar-refractivity contribution in [3.05, 3.63) is 33.8 Å². The largest absolute Gasteiger partial charge is 0.331 e. The van der Waals surface area contributed by atoms with Gasteiger partial charge < -0.3 is 4.90 Å². The molecule has 8 heteroatoms. The Morgan fingerprint density at radius 2 is 1.93 bits per heavy atom. The Balaban J connectivity index is 1.62. The number of amides is 1. The number of carbonyl (C=O) groups excluding carboxylic acids is 1. The first-order valence-corrected chi connectivity index (χ1v) is 11.5. The number of carbonyl (C=O) groups is 1. The lowest BCUT2D eigenvalue weighted by atomic mass is 9.90. The molecule has 5 nitrogen and oxygen atoms in total. The van der Waals surface area contributed by atoms with Crippen molar-refractivity contribution in [2.45, 2.75) is 25.2 Å². The number of piperidine rings is 1. The van der Waals surface area contributed by atoms with Crippen molar-refractivity contribution in [2.24, 2.45) is 5.92 Å². The van der Waals surface area contributed by atoms with E-state index in [-0.39, 0.29) is 17.7 Å². The topological polar surface area (TPSA) is 57.7 Å². The summed E-state index contributed by atoms with van der Waals surface area (Å²) >= 11 is 12.1. The molecule has 1 amide bonds. The van der Waals surface area contributed by atoms with Crippen molar-refractivity contribution in [2.75, 3.05) is 32.4 Å². The number of nitrogens with zero attached hydrogens (tertiary/aromatic N) is 2. The summed E-state index contributed by atoms with van der Waals surface area (Å²) in [6.07, 6.45) is 3.76. The van der Waals surface area contributed by atoms with Crippen LogP contribution < -0.4 is 0 Å². The van der Waals surface area contributed by atoms with Gasteiger partial charge in [-0.3, -0.25) is 4.79 Å². The molecular weight excluding hydrogens is 407 g/mol. The van der Waals surface area contributed by atoms with Gasteiger partial charge >= 0.3 is 0 Å². The highest BCUT2D eigenvalue weighted by molar-refractivity contribution is 7.88. The Morgan fingerprint density at radius 3 is 2.59 bits per heavy atom. The number of sulfonamides is 1.